The minimum absolute atomic E-state index is 0.109. The first kappa shape index (κ1) is 56.6. The highest BCUT2D eigenvalue weighted by molar-refractivity contribution is 5.71. The maximum atomic E-state index is 12.7. The summed E-state index contributed by atoms with van der Waals surface area (Å²) >= 11 is 0. The van der Waals surface area contributed by atoms with Gasteiger partial charge in [-0.3, -0.25) is 14.4 Å². The number of hydrogen-bond donors (Lipinski definition) is 0. The van der Waals surface area contributed by atoms with Crippen molar-refractivity contribution >= 4 is 17.9 Å². The molecule has 1 unspecified atom stereocenters. The van der Waals surface area contributed by atoms with Gasteiger partial charge in [0, 0.05) is 19.3 Å². The number of allylic oxidation sites excluding steroid dienone is 14. The number of esters is 3. The molecule has 60 heavy (non-hydrogen) atoms. The monoisotopic (exact) mass is 835 g/mol. The first-order valence-corrected chi connectivity index (χ1v) is 24.6. The van der Waals surface area contributed by atoms with Gasteiger partial charge in [0.25, 0.3) is 0 Å². The minimum Gasteiger partial charge on any atom is -0.462 e. The lowest BCUT2D eigenvalue weighted by atomic mass is 10.1. The molecule has 0 saturated heterocycles. The van der Waals surface area contributed by atoms with Gasteiger partial charge in [-0.1, -0.05) is 209 Å². The van der Waals surface area contributed by atoms with Gasteiger partial charge in [0.15, 0.2) is 6.10 Å². The Morgan fingerprint density at radius 3 is 1.20 bits per heavy atom. The molecule has 0 rings (SSSR count). The molecule has 0 bridgehead atoms. The first-order chi connectivity index (χ1) is 29.5. The SMILES string of the molecule is CC/C=C\C/C=C\C/C=C\C/C=C\C/C=C\CCC(=O)OCC(COC(=O)CCCCCCCCCCCC)OC(=O)CCCCC/C=C\C=C/CCCCCCCCC. The lowest BCUT2D eigenvalue weighted by molar-refractivity contribution is -0.166. The zero-order chi connectivity index (χ0) is 43.7. The van der Waals surface area contributed by atoms with E-state index in [2.05, 4.69) is 93.7 Å². The van der Waals surface area contributed by atoms with Crippen molar-refractivity contribution in [1.82, 2.24) is 0 Å². The van der Waals surface area contributed by atoms with Crippen LogP contribution in [0.5, 0.6) is 0 Å². The second-order valence-corrected chi connectivity index (χ2v) is 16.0. The van der Waals surface area contributed by atoms with Crippen molar-refractivity contribution in [3.63, 3.8) is 0 Å². The van der Waals surface area contributed by atoms with Gasteiger partial charge in [-0.05, 0) is 77.0 Å². The molecule has 0 radical (unpaired) electrons. The van der Waals surface area contributed by atoms with Crippen molar-refractivity contribution in [3.05, 3.63) is 85.1 Å². The number of unbranched alkanes of at least 4 members (excludes halogenated alkanes) is 19. The third-order valence-electron chi connectivity index (χ3n) is 10.2. The zero-order valence-corrected chi connectivity index (χ0v) is 38.9. The molecule has 0 aromatic heterocycles. The highest BCUT2D eigenvalue weighted by Crippen LogP contribution is 2.13. The Labute approximate surface area is 369 Å². The lowest BCUT2D eigenvalue weighted by Crippen LogP contribution is -2.30. The highest BCUT2D eigenvalue weighted by atomic mass is 16.6. The van der Waals surface area contributed by atoms with Crippen LogP contribution in [0.15, 0.2) is 85.1 Å². The molecule has 0 aromatic rings. The second kappa shape index (κ2) is 48.3. The Bertz CT molecular complexity index is 1190. The Hall–Kier alpha value is -3.41. The van der Waals surface area contributed by atoms with Crippen LogP contribution in [0.25, 0.3) is 0 Å². The van der Waals surface area contributed by atoms with E-state index in [1.54, 1.807) is 0 Å². The minimum atomic E-state index is -0.817. The summed E-state index contributed by atoms with van der Waals surface area (Å²) in [5, 5.41) is 0. The van der Waals surface area contributed by atoms with E-state index in [0.29, 0.717) is 12.8 Å². The average Bonchev–Trinajstić information content (AvgIpc) is 3.24. The molecule has 0 heterocycles. The normalized spacial score (nSPS) is 12.8. The molecular weight excluding hydrogens is 745 g/mol. The third kappa shape index (κ3) is 45.7. The molecule has 0 amide bonds. The van der Waals surface area contributed by atoms with E-state index < -0.39 is 6.10 Å². The third-order valence-corrected chi connectivity index (χ3v) is 10.2. The summed E-state index contributed by atoms with van der Waals surface area (Å²) in [4.78, 5) is 37.8. The van der Waals surface area contributed by atoms with Crippen LogP contribution in [0.3, 0.4) is 0 Å². The van der Waals surface area contributed by atoms with Crippen LogP contribution in [-0.4, -0.2) is 37.2 Å². The molecule has 342 valence electrons. The summed E-state index contributed by atoms with van der Waals surface area (Å²) in [7, 11) is 0. The van der Waals surface area contributed by atoms with Gasteiger partial charge in [0.1, 0.15) is 13.2 Å². The highest BCUT2D eigenvalue weighted by Gasteiger charge is 2.19. The summed E-state index contributed by atoms with van der Waals surface area (Å²) in [6.07, 6.45) is 61.5. The van der Waals surface area contributed by atoms with Gasteiger partial charge >= 0.3 is 17.9 Å². The number of ether oxygens (including phenoxy) is 3. The predicted octanol–water partition coefficient (Wildman–Crippen LogP) is 16.0. The molecule has 0 fully saturated rings. The Balaban J connectivity index is 4.53. The van der Waals surface area contributed by atoms with Gasteiger partial charge in [-0.25, -0.2) is 0 Å². The topological polar surface area (TPSA) is 78.9 Å². The van der Waals surface area contributed by atoms with Crippen LogP contribution in [0.4, 0.5) is 0 Å². The summed E-state index contributed by atoms with van der Waals surface area (Å²) < 4.78 is 16.6. The lowest BCUT2D eigenvalue weighted by Gasteiger charge is -2.18. The molecule has 0 spiro atoms. The standard InChI is InChI=1S/C54H90O6/c1-4-7-10-13-16-19-22-24-26-28-30-32-35-38-41-44-47-53(56)59-50-51(49-58-52(55)46-43-40-37-34-21-18-15-12-9-6-3)60-54(57)48-45-42-39-36-33-31-29-27-25-23-20-17-14-11-8-5-2/h7,10,16,19,24,26-27,29-33,38,41,51H,4-6,8-9,11-15,17-18,20-23,25,28,34-37,39-40,42-50H2,1-3H3/b10-7-,19-16-,26-24-,29-27-,32-30-,33-31-,41-38-. The fraction of sp³-hybridized carbons (Fsp3) is 0.685. The van der Waals surface area contributed by atoms with E-state index in [4.69, 9.17) is 14.2 Å². The molecule has 1 atom stereocenters. The molecule has 0 aromatic carbocycles. The van der Waals surface area contributed by atoms with Crippen molar-refractivity contribution in [2.75, 3.05) is 13.2 Å². The molecule has 0 aliphatic carbocycles. The molecule has 0 aliphatic heterocycles. The van der Waals surface area contributed by atoms with Gasteiger partial charge < -0.3 is 14.2 Å². The van der Waals surface area contributed by atoms with Crippen LogP contribution >= 0.6 is 0 Å². The Morgan fingerprint density at radius 1 is 0.367 bits per heavy atom. The maximum Gasteiger partial charge on any atom is 0.306 e. The predicted molar refractivity (Wildman–Crippen MR) is 256 cm³/mol. The summed E-state index contributed by atoms with van der Waals surface area (Å²) in [5.41, 5.74) is 0. The quantitative estimate of drug-likeness (QED) is 0.0200. The van der Waals surface area contributed by atoms with Gasteiger partial charge in [0.05, 0.1) is 0 Å². The molecular formula is C54H90O6. The van der Waals surface area contributed by atoms with E-state index in [1.165, 1.54) is 89.9 Å². The summed E-state index contributed by atoms with van der Waals surface area (Å²) in [5.74, 6) is -1.03. The van der Waals surface area contributed by atoms with Gasteiger partial charge in [-0.15, -0.1) is 0 Å². The molecule has 0 aliphatic rings. The van der Waals surface area contributed by atoms with Crippen molar-refractivity contribution in [2.45, 2.75) is 226 Å². The smallest absolute Gasteiger partial charge is 0.306 e. The van der Waals surface area contributed by atoms with E-state index in [9.17, 15) is 14.4 Å². The zero-order valence-electron chi connectivity index (χ0n) is 38.9. The van der Waals surface area contributed by atoms with Gasteiger partial charge in [0.2, 0.25) is 0 Å². The fourth-order valence-corrected chi connectivity index (χ4v) is 6.48. The van der Waals surface area contributed by atoms with E-state index in [-0.39, 0.29) is 44.0 Å². The van der Waals surface area contributed by atoms with E-state index in [0.717, 1.165) is 83.5 Å². The number of hydrogen-bond acceptors (Lipinski definition) is 6. The van der Waals surface area contributed by atoms with Gasteiger partial charge in [-0.2, -0.15) is 0 Å². The molecule has 0 saturated carbocycles. The van der Waals surface area contributed by atoms with Crippen molar-refractivity contribution in [3.8, 4) is 0 Å². The number of carbonyl (C=O) groups is 3. The average molecular weight is 835 g/mol. The number of carbonyl (C=O) groups excluding carboxylic acids is 3. The number of rotatable bonds is 43. The maximum absolute atomic E-state index is 12.7. The second-order valence-electron chi connectivity index (χ2n) is 16.0. The van der Waals surface area contributed by atoms with Crippen LogP contribution < -0.4 is 0 Å². The van der Waals surface area contributed by atoms with Crippen LogP contribution in [0.1, 0.15) is 220 Å². The molecule has 6 heteroatoms. The van der Waals surface area contributed by atoms with Crippen molar-refractivity contribution in [2.24, 2.45) is 0 Å². The van der Waals surface area contributed by atoms with Crippen molar-refractivity contribution < 1.29 is 28.6 Å². The van der Waals surface area contributed by atoms with E-state index >= 15 is 0 Å². The van der Waals surface area contributed by atoms with Crippen LogP contribution in [-0.2, 0) is 28.6 Å². The summed E-state index contributed by atoms with van der Waals surface area (Å²) in [6, 6.07) is 0. The van der Waals surface area contributed by atoms with Crippen LogP contribution in [0, 0.1) is 0 Å². The largest absolute Gasteiger partial charge is 0.462 e. The fourth-order valence-electron chi connectivity index (χ4n) is 6.48. The van der Waals surface area contributed by atoms with Crippen molar-refractivity contribution in [1.29, 1.82) is 0 Å². The first-order valence-electron chi connectivity index (χ1n) is 24.6. The Kier molecular flexibility index (Phi) is 45.5. The van der Waals surface area contributed by atoms with E-state index in [1.807, 2.05) is 12.2 Å². The molecule has 6 nitrogen and oxygen atoms in total. The summed E-state index contributed by atoms with van der Waals surface area (Å²) in [6.45, 7) is 6.40. The Morgan fingerprint density at radius 2 is 0.733 bits per heavy atom. The van der Waals surface area contributed by atoms with Crippen LogP contribution in [0.2, 0.25) is 0 Å². The molecule has 0 N–H and O–H groups in total.